The lowest BCUT2D eigenvalue weighted by molar-refractivity contribution is 0.242. The van der Waals surface area contributed by atoms with Crippen molar-refractivity contribution in [2.75, 3.05) is 12.4 Å². The van der Waals surface area contributed by atoms with Crippen molar-refractivity contribution in [3.63, 3.8) is 0 Å². The second-order valence-electron chi connectivity index (χ2n) is 4.37. The van der Waals surface area contributed by atoms with E-state index in [1.54, 1.807) is 7.05 Å². The molecule has 0 fully saturated rings. The number of aromatic nitrogens is 1. The van der Waals surface area contributed by atoms with Crippen molar-refractivity contribution in [1.29, 1.82) is 0 Å². The molecule has 1 N–H and O–H groups in total. The molecule has 0 spiro atoms. The van der Waals surface area contributed by atoms with E-state index < -0.39 is 0 Å². The number of hydrogen-bond donors (Lipinski definition) is 1. The quantitative estimate of drug-likeness (QED) is 0.897. The Labute approximate surface area is 107 Å². The van der Waals surface area contributed by atoms with Crippen molar-refractivity contribution in [2.45, 2.75) is 26.9 Å². The van der Waals surface area contributed by atoms with Gasteiger partial charge in [-0.05, 0) is 45.0 Å². The molecule has 0 aliphatic carbocycles. The first-order valence-corrected chi connectivity index (χ1v) is 6.02. The molecule has 0 aliphatic heterocycles. The van der Waals surface area contributed by atoms with Crippen LogP contribution in [0.5, 0.6) is 5.75 Å². The van der Waals surface area contributed by atoms with Crippen LogP contribution in [0.4, 0.5) is 6.01 Å². The Balaban J connectivity index is 2.25. The van der Waals surface area contributed by atoms with Gasteiger partial charge in [-0.3, -0.25) is 0 Å². The summed E-state index contributed by atoms with van der Waals surface area (Å²) >= 11 is 0. The average Bonchev–Trinajstić information content (AvgIpc) is 2.71. The second kappa shape index (κ2) is 5.12. The van der Waals surface area contributed by atoms with E-state index in [9.17, 15) is 0 Å². The number of benzene rings is 1. The van der Waals surface area contributed by atoms with Crippen LogP contribution in [0, 0.1) is 6.92 Å². The molecule has 4 heteroatoms. The summed E-state index contributed by atoms with van der Waals surface area (Å²) < 4.78 is 11.2. The summed E-state index contributed by atoms with van der Waals surface area (Å²) in [4.78, 5) is 4.27. The average molecular weight is 246 g/mol. The third kappa shape index (κ3) is 2.64. The minimum Gasteiger partial charge on any atom is -0.491 e. The van der Waals surface area contributed by atoms with Crippen LogP contribution in [-0.2, 0) is 0 Å². The van der Waals surface area contributed by atoms with E-state index in [1.165, 1.54) is 0 Å². The SMILES string of the molecule is CNc1nc(C)c(-c2ccc(OC(C)C)cc2)o1. The van der Waals surface area contributed by atoms with Gasteiger partial charge in [0.2, 0.25) is 0 Å². The monoisotopic (exact) mass is 246 g/mol. The maximum Gasteiger partial charge on any atom is 0.295 e. The molecule has 0 unspecified atom stereocenters. The Hall–Kier alpha value is -1.97. The normalized spacial score (nSPS) is 10.7. The van der Waals surface area contributed by atoms with E-state index in [2.05, 4.69) is 10.3 Å². The van der Waals surface area contributed by atoms with Gasteiger partial charge in [-0.1, -0.05) is 0 Å². The van der Waals surface area contributed by atoms with Gasteiger partial charge in [-0.25, -0.2) is 0 Å². The van der Waals surface area contributed by atoms with Crippen LogP contribution < -0.4 is 10.1 Å². The molecule has 2 aromatic rings. The second-order valence-corrected chi connectivity index (χ2v) is 4.37. The molecule has 2 rings (SSSR count). The molecule has 0 saturated heterocycles. The van der Waals surface area contributed by atoms with Gasteiger partial charge in [-0.2, -0.15) is 4.98 Å². The zero-order valence-electron chi connectivity index (χ0n) is 11.2. The first-order chi connectivity index (χ1) is 8.60. The molecule has 0 saturated carbocycles. The molecule has 0 amide bonds. The maximum absolute atomic E-state index is 5.61. The summed E-state index contributed by atoms with van der Waals surface area (Å²) in [5.41, 5.74) is 1.87. The topological polar surface area (TPSA) is 47.3 Å². The number of rotatable bonds is 4. The Bertz CT molecular complexity index is 515. The first kappa shape index (κ1) is 12.5. The Morgan fingerprint density at radius 2 is 1.89 bits per heavy atom. The lowest BCUT2D eigenvalue weighted by Crippen LogP contribution is -2.05. The van der Waals surface area contributed by atoms with Gasteiger partial charge in [0.25, 0.3) is 6.01 Å². The highest BCUT2D eigenvalue weighted by atomic mass is 16.5. The van der Waals surface area contributed by atoms with Crippen LogP contribution in [0.15, 0.2) is 28.7 Å². The number of hydrogen-bond acceptors (Lipinski definition) is 4. The van der Waals surface area contributed by atoms with Gasteiger partial charge in [0.05, 0.1) is 11.8 Å². The van der Waals surface area contributed by atoms with Crippen molar-refractivity contribution in [3.05, 3.63) is 30.0 Å². The number of ether oxygens (including phenoxy) is 1. The van der Waals surface area contributed by atoms with Gasteiger partial charge >= 0.3 is 0 Å². The predicted molar refractivity (Wildman–Crippen MR) is 72.0 cm³/mol. The van der Waals surface area contributed by atoms with Crippen LogP contribution in [0.1, 0.15) is 19.5 Å². The standard InChI is InChI=1S/C14H18N2O2/c1-9(2)17-12-7-5-11(6-8-12)13-10(3)16-14(15-4)18-13/h5-9H,1-4H3,(H,15,16). The van der Waals surface area contributed by atoms with Crippen LogP contribution in [0.2, 0.25) is 0 Å². The van der Waals surface area contributed by atoms with Gasteiger partial charge < -0.3 is 14.5 Å². The summed E-state index contributed by atoms with van der Waals surface area (Å²) in [6.45, 7) is 5.94. The molecule has 0 atom stereocenters. The fourth-order valence-corrected chi connectivity index (χ4v) is 1.73. The summed E-state index contributed by atoms with van der Waals surface area (Å²) in [7, 11) is 1.79. The minimum absolute atomic E-state index is 0.179. The highest BCUT2D eigenvalue weighted by molar-refractivity contribution is 5.61. The molecule has 4 nitrogen and oxygen atoms in total. The van der Waals surface area contributed by atoms with Crippen molar-refractivity contribution >= 4 is 6.01 Å². The zero-order chi connectivity index (χ0) is 13.1. The molecule has 0 radical (unpaired) electrons. The van der Waals surface area contributed by atoms with Crippen molar-refractivity contribution in [2.24, 2.45) is 0 Å². The number of aryl methyl sites for hydroxylation is 1. The number of anilines is 1. The first-order valence-electron chi connectivity index (χ1n) is 6.02. The molecular formula is C14H18N2O2. The summed E-state index contributed by atoms with van der Waals surface area (Å²) in [6, 6.07) is 8.37. The highest BCUT2D eigenvalue weighted by Gasteiger charge is 2.10. The van der Waals surface area contributed by atoms with E-state index in [1.807, 2.05) is 45.0 Å². The molecule has 96 valence electrons. The molecule has 1 heterocycles. The highest BCUT2D eigenvalue weighted by Crippen LogP contribution is 2.28. The van der Waals surface area contributed by atoms with E-state index in [0.29, 0.717) is 6.01 Å². The van der Waals surface area contributed by atoms with E-state index in [-0.39, 0.29) is 6.10 Å². The number of nitrogens with zero attached hydrogens (tertiary/aromatic N) is 1. The van der Waals surface area contributed by atoms with Crippen LogP contribution in [-0.4, -0.2) is 18.1 Å². The molecule has 1 aromatic heterocycles. The Kier molecular flexibility index (Phi) is 3.55. The van der Waals surface area contributed by atoms with Gasteiger partial charge in [0.15, 0.2) is 5.76 Å². The van der Waals surface area contributed by atoms with Crippen LogP contribution in [0.3, 0.4) is 0 Å². The lowest BCUT2D eigenvalue weighted by Gasteiger charge is -2.09. The van der Waals surface area contributed by atoms with E-state index in [4.69, 9.17) is 9.15 Å². The van der Waals surface area contributed by atoms with E-state index >= 15 is 0 Å². The van der Waals surface area contributed by atoms with Gasteiger partial charge in [0, 0.05) is 12.6 Å². The van der Waals surface area contributed by atoms with Crippen molar-refractivity contribution in [3.8, 4) is 17.1 Å². The fourth-order valence-electron chi connectivity index (χ4n) is 1.73. The molecule has 1 aromatic carbocycles. The molecule has 18 heavy (non-hydrogen) atoms. The summed E-state index contributed by atoms with van der Waals surface area (Å²) in [6.07, 6.45) is 0.179. The third-order valence-electron chi connectivity index (χ3n) is 2.50. The van der Waals surface area contributed by atoms with Crippen LogP contribution in [0.25, 0.3) is 11.3 Å². The third-order valence-corrected chi connectivity index (χ3v) is 2.50. The minimum atomic E-state index is 0.179. The van der Waals surface area contributed by atoms with Crippen molar-refractivity contribution < 1.29 is 9.15 Å². The van der Waals surface area contributed by atoms with Crippen molar-refractivity contribution in [1.82, 2.24) is 4.98 Å². The van der Waals surface area contributed by atoms with Gasteiger partial charge in [0.1, 0.15) is 5.75 Å². The number of oxazole rings is 1. The smallest absolute Gasteiger partial charge is 0.295 e. The zero-order valence-corrected chi connectivity index (χ0v) is 11.2. The molecule has 0 aliphatic rings. The Morgan fingerprint density at radius 1 is 1.22 bits per heavy atom. The summed E-state index contributed by atoms with van der Waals surface area (Å²) in [5, 5.41) is 2.89. The predicted octanol–water partition coefficient (Wildman–Crippen LogP) is 3.48. The fraction of sp³-hybridized carbons (Fsp3) is 0.357. The Morgan fingerprint density at radius 3 is 2.39 bits per heavy atom. The van der Waals surface area contributed by atoms with Gasteiger partial charge in [-0.15, -0.1) is 0 Å². The summed E-state index contributed by atoms with van der Waals surface area (Å²) in [5.74, 6) is 1.65. The number of nitrogens with one attached hydrogen (secondary N) is 1. The largest absolute Gasteiger partial charge is 0.491 e. The lowest BCUT2D eigenvalue weighted by atomic mass is 10.1. The molecule has 0 bridgehead atoms. The molecular weight excluding hydrogens is 228 g/mol. The maximum atomic E-state index is 5.61. The van der Waals surface area contributed by atoms with E-state index in [0.717, 1.165) is 22.8 Å². The van der Waals surface area contributed by atoms with Crippen LogP contribution >= 0.6 is 0 Å².